The zero-order chi connectivity index (χ0) is 33.8. The molecule has 45 heavy (non-hydrogen) atoms. The molecule has 3 aromatic rings. The van der Waals surface area contributed by atoms with Crippen LogP contribution in [0.25, 0.3) is 0 Å². The summed E-state index contributed by atoms with van der Waals surface area (Å²) < 4.78 is 132. The molecule has 0 saturated heterocycles. The van der Waals surface area contributed by atoms with Crippen LogP contribution < -0.4 is 5.32 Å². The maximum absolute atomic E-state index is 14.6. The highest BCUT2D eigenvalue weighted by atomic mass is 35.5. The summed E-state index contributed by atoms with van der Waals surface area (Å²) in [5.41, 5.74) is -4.49. The van der Waals surface area contributed by atoms with E-state index in [2.05, 4.69) is 5.32 Å². The van der Waals surface area contributed by atoms with Crippen LogP contribution in [-0.4, -0.2) is 28.0 Å². The van der Waals surface area contributed by atoms with E-state index in [4.69, 9.17) is 34.8 Å². The standard InChI is InChI=1S/C28H14Cl3F10NO3/c29-24-14(20(43)5-11-3-12(18(34)9-17(11)33)6-21(44)28(39,40)41)7-13(8-19(24)35)42-25(45)23-22(26(23,30)31)10-1-2-16(32)15(4-10)27(36,37)38/h1-4,7-9,22-23H,5-6H2,(H,42,45)/t22-,23+/m0/s1. The Hall–Kier alpha value is -3.36. The van der Waals surface area contributed by atoms with Crippen molar-refractivity contribution in [3.63, 3.8) is 0 Å². The van der Waals surface area contributed by atoms with Crippen LogP contribution in [0.3, 0.4) is 0 Å². The van der Waals surface area contributed by atoms with Crippen molar-refractivity contribution in [2.24, 2.45) is 5.92 Å². The van der Waals surface area contributed by atoms with Crippen LogP contribution >= 0.6 is 34.8 Å². The molecule has 0 radical (unpaired) electrons. The number of nitrogens with one attached hydrogen (secondary N) is 1. The summed E-state index contributed by atoms with van der Waals surface area (Å²) in [6, 6.07) is 4.07. The number of hydrogen-bond acceptors (Lipinski definition) is 3. The van der Waals surface area contributed by atoms with Crippen LogP contribution in [0.1, 0.15) is 38.5 Å². The van der Waals surface area contributed by atoms with Crippen molar-refractivity contribution in [2.75, 3.05) is 5.32 Å². The number of ketones is 2. The molecule has 0 spiro atoms. The lowest BCUT2D eigenvalue weighted by atomic mass is 9.98. The fraction of sp³-hybridized carbons (Fsp3) is 0.250. The first kappa shape index (κ1) is 34.5. The lowest BCUT2D eigenvalue weighted by Gasteiger charge is -2.12. The largest absolute Gasteiger partial charge is 0.450 e. The molecule has 0 heterocycles. The van der Waals surface area contributed by atoms with Gasteiger partial charge in [0.1, 0.15) is 27.6 Å². The van der Waals surface area contributed by atoms with E-state index in [0.29, 0.717) is 24.3 Å². The normalized spacial score (nSPS) is 17.6. The predicted octanol–water partition coefficient (Wildman–Crippen LogP) is 8.54. The Kier molecular flexibility index (Phi) is 9.28. The van der Waals surface area contributed by atoms with Crippen molar-refractivity contribution < 1.29 is 58.3 Å². The summed E-state index contributed by atoms with van der Waals surface area (Å²) in [7, 11) is 0. The van der Waals surface area contributed by atoms with Crippen LogP contribution in [0, 0.1) is 29.2 Å². The van der Waals surface area contributed by atoms with Gasteiger partial charge in [-0.1, -0.05) is 17.7 Å². The number of benzene rings is 3. The highest BCUT2D eigenvalue weighted by molar-refractivity contribution is 6.53. The Balaban J connectivity index is 1.56. The third-order valence-corrected chi connectivity index (χ3v) is 8.15. The highest BCUT2D eigenvalue weighted by Gasteiger charge is 2.67. The number of Topliss-reactive ketones (excluding diaryl/α,β-unsaturated/α-hetero) is 2. The van der Waals surface area contributed by atoms with E-state index < -0.39 is 115 Å². The van der Waals surface area contributed by atoms with Gasteiger partial charge in [-0.15, -0.1) is 23.2 Å². The Bertz CT molecular complexity index is 1720. The van der Waals surface area contributed by atoms with Crippen molar-refractivity contribution in [1.29, 1.82) is 0 Å². The second-order valence-corrected chi connectivity index (χ2v) is 11.7. The van der Waals surface area contributed by atoms with Gasteiger partial charge in [0.2, 0.25) is 11.7 Å². The fourth-order valence-electron chi connectivity index (χ4n) is 4.56. The minimum Gasteiger partial charge on any atom is -0.326 e. The number of halogens is 13. The lowest BCUT2D eigenvalue weighted by molar-refractivity contribution is -0.170. The van der Waals surface area contributed by atoms with Crippen LogP contribution in [0.2, 0.25) is 5.02 Å². The van der Waals surface area contributed by atoms with E-state index >= 15 is 0 Å². The van der Waals surface area contributed by atoms with E-state index in [1.54, 1.807) is 0 Å². The Morgan fingerprint density at radius 2 is 1.38 bits per heavy atom. The minimum absolute atomic E-state index is 0.163. The smallest absolute Gasteiger partial charge is 0.326 e. The van der Waals surface area contributed by atoms with Crippen molar-refractivity contribution in [3.05, 3.63) is 98.6 Å². The van der Waals surface area contributed by atoms with Crippen molar-refractivity contribution >= 4 is 58.0 Å². The SMILES string of the molecule is O=C(Cc1cc(CC(=O)C(F)(F)F)c(F)cc1F)c1cc(NC(=O)[C@H]2[C@H](c3ccc(F)c(C(F)(F)F)c3)C2(Cl)Cl)cc(F)c1Cl. The van der Waals surface area contributed by atoms with Crippen LogP contribution in [-0.2, 0) is 28.6 Å². The minimum atomic E-state index is -5.31. The molecule has 1 N–H and O–H groups in total. The maximum Gasteiger partial charge on any atom is 0.450 e. The zero-order valence-corrected chi connectivity index (χ0v) is 24.0. The van der Waals surface area contributed by atoms with Crippen LogP contribution in [0.15, 0.2) is 42.5 Å². The Labute approximate surface area is 261 Å². The van der Waals surface area contributed by atoms with Gasteiger partial charge in [-0.25, -0.2) is 17.6 Å². The topological polar surface area (TPSA) is 63.2 Å². The quantitative estimate of drug-likeness (QED) is 0.145. The lowest BCUT2D eigenvalue weighted by Crippen LogP contribution is -2.25. The van der Waals surface area contributed by atoms with Gasteiger partial charge in [0.15, 0.2) is 5.78 Å². The molecule has 1 aliphatic carbocycles. The third kappa shape index (κ3) is 7.23. The summed E-state index contributed by atoms with van der Waals surface area (Å²) in [5.74, 6) is -13.0. The molecule has 1 amide bonds. The summed E-state index contributed by atoms with van der Waals surface area (Å²) in [6.45, 7) is 0. The molecule has 4 rings (SSSR count). The van der Waals surface area contributed by atoms with Crippen LogP contribution in [0.4, 0.5) is 49.6 Å². The number of amides is 1. The molecular formula is C28H14Cl3F10NO3. The zero-order valence-electron chi connectivity index (χ0n) is 21.7. The molecule has 17 heteroatoms. The first-order chi connectivity index (χ1) is 20.6. The molecule has 1 saturated carbocycles. The van der Waals surface area contributed by atoms with Gasteiger partial charge in [-0.05, 0) is 47.0 Å². The van der Waals surface area contributed by atoms with Gasteiger partial charge < -0.3 is 5.32 Å². The van der Waals surface area contributed by atoms with Gasteiger partial charge in [-0.3, -0.25) is 14.4 Å². The summed E-state index contributed by atoms with van der Waals surface area (Å²) >= 11 is 18.1. The molecule has 0 bridgehead atoms. The second kappa shape index (κ2) is 12.1. The first-order valence-corrected chi connectivity index (χ1v) is 13.4. The Morgan fingerprint density at radius 1 is 0.778 bits per heavy atom. The average molecular weight is 709 g/mol. The molecule has 240 valence electrons. The number of rotatable bonds is 8. The van der Waals surface area contributed by atoms with E-state index in [-0.39, 0.29) is 11.6 Å². The van der Waals surface area contributed by atoms with Gasteiger partial charge >= 0.3 is 12.4 Å². The fourth-order valence-corrected chi connectivity index (χ4v) is 5.61. The van der Waals surface area contributed by atoms with Gasteiger partial charge in [0, 0.05) is 36.1 Å². The van der Waals surface area contributed by atoms with E-state index in [1.165, 1.54) is 0 Å². The molecule has 4 nitrogen and oxygen atoms in total. The predicted molar refractivity (Wildman–Crippen MR) is 141 cm³/mol. The molecule has 2 atom stereocenters. The number of alkyl halides is 8. The maximum atomic E-state index is 14.6. The molecule has 0 aliphatic heterocycles. The van der Waals surface area contributed by atoms with Gasteiger partial charge in [0.25, 0.3) is 0 Å². The van der Waals surface area contributed by atoms with Crippen LogP contribution in [0.5, 0.6) is 0 Å². The monoisotopic (exact) mass is 707 g/mol. The molecule has 3 aromatic carbocycles. The van der Waals surface area contributed by atoms with E-state index in [9.17, 15) is 58.3 Å². The van der Waals surface area contributed by atoms with Gasteiger partial charge in [-0.2, -0.15) is 26.3 Å². The van der Waals surface area contributed by atoms with E-state index in [1.807, 2.05) is 0 Å². The second-order valence-electron chi connectivity index (χ2n) is 9.91. The molecule has 1 aliphatic rings. The number of hydrogen-bond donors (Lipinski definition) is 1. The molecule has 1 fully saturated rings. The molecular weight excluding hydrogens is 695 g/mol. The van der Waals surface area contributed by atoms with Crippen molar-refractivity contribution in [2.45, 2.75) is 35.4 Å². The Morgan fingerprint density at radius 3 is 1.96 bits per heavy atom. The highest BCUT2D eigenvalue weighted by Crippen LogP contribution is 2.65. The number of anilines is 1. The summed E-state index contributed by atoms with van der Waals surface area (Å²) in [6.07, 6.45) is -12.9. The summed E-state index contributed by atoms with van der Waals surface area (Å²) in [4.78, 5) is 37.2. The summed E-state index contributed by atoms with van der Waals surface area (Å²) in [5, 5.41) is 1.37. The number of carbonyl (C=O) groups is 3. The molecule has 0 unspecified atom stereocenters. The third-order valence-electron chi connectivity index (χ3n) is 6.82. The average Bonchev–Trinajstić information content (AvgIpc) is 3.49. The van der Waals surface area contributed by atoms with Crippen molar-refractivity contribution in [3.8, 4) is 0 Å². The first-order valence-electron chi connectivity index (χ1n) is 12.3. The van der Waals surface area contributed by atoms with E-state index in [0.717, 1.165) is 12.1 Å². The van der Waals surface area contributed by atoms with Crippen molar-refractivity contribution in [1.82, 2.24) is 0 Å². The molecule has 0 aromatic heterocycles. The van der Waals surface area contributed by atoms with Gasteiger partial charge in [0.05, 0.1) is 16.5 Å². The number of carbonyl (C=O) groups excluding carboxylic acids is 3.